The van der Waals surface area contributed by atoms with E-state index < -0.39 is 18.1 Å². The molecule has 1 atom stereocenters. The SMILES string of the molecule is C=CCCCCCC(NC(=O)OCC(C)C)C(=O)O. The highest BCUT2D eigenvalue weighted by Gasteiger charge is 2.20. The minimum absolute atomic E-state index is 0.230. The largest absolute Gasteiger partial charge is 0.480 e. The zero-order chi connectivity index (χ0) is 14.7. The van der Waals surface area contributed by atoms with Crippen molar-refractivity contribution in [2.75, 3.05) is 6.61 Å². The number of carbonyl (C=O) groups excluding carboxylic acids is 1. The molecular weight excluding hydrogens is 246 g/mol. The molecule has 0 aliphatic rings. The van der Waals surface area contributed by atoms with Gasteiger partial charge in [-0.2, -0.15) is 0 Å². The number of carbonyl (C=O) groups is 2. The molecule has 5 nitrogen and oxygen atoms in total. The Bertz CT molecular complexity index is 289. The maximum absolute atomic E-state index is 11.4. The van der Waals surface area contributed by atoms with E-state index in [0.717, 1.165) is 25.7 Å². The Morgan fingerprint density at radius 1 is 1.32 bits per heavy atom. The Balaban J connectivity index is 3.94. The molecule has 1 amide bonds. The summed E-state index contributed by atoms with van der Waals surface area (Å²) in [5, 5.41) is 11.4. The first-order valence-electron chi connectivity index (χ1n) is 6.74. The molecule has 0 radical (unpaired) electrons. The first-order valence-corrected chi connectivity index (χ1v) is 6.74. The van der Waals surface area contributed by atoms with Crippen LogP contribution in [0.4, 0.5) is 4.79 Å². The molecule has 2 N–H and O–H groups in total. The van der Waals surface area contributed by atoms with E-state index >= 15 is 0 Å². The third-order valence-electron chi connectivity index (χ3n) is 2.54. The van der Waals surface area contributed by atoms with E-state index in [1.807, 2.05) is 19.9 Å². The van der Waals surface area contributed by atoms with Crippen molar-refractivity contribution in [1.82, 2.24) is 5.32 Å². The second-order valence-corrected chi connectivity index (χ2v) is 4.95. The molecule has 0 aromatic heterocycles. The molecule has 0 saturated heterocycles. The number of ether oxygens (including phenoxy) is 1. The van der Waals surface area contributed by atoms with Crippen molar-refractivity contribution >= 4 is 12.1 Å². The maximum Gasteiger partial charge on any atom is 0.407 e. The van der Waals surface area contributed by atoms with E-state index in [2.05, 4.69) is 11.9 Å². The molecule has 0 rings (SSSR count). The lowest BCUT2D eigenvalue weighted by Crippen LogP contribution is -2.41. The van der Waals surface area contributed by atoms with Crippen molar-refractivity contribution < 1.29 is 19.4 Å². The zero-order valence-electron chi connectivity index (χ0n) is 11.9. The minimum atomic E-state index is -1.02. The third kappa shape index (κ3) is 10.1. The van der Waals surface area contributed by atoms with Gasteiger partial charge in [0, 0.05) is 0 Å². The number of amides is 1. The molecular formula is C14H25NO4. The van der Waals surface area contributed by atoms with Gasteiger partial charge in [-0.25, -0.2) is 9.59 Å². The van der Waals surface area contributed by atoms with Crippen molar-refractivity contribution in [3.8, 4) is 0 Å². The van der Waals surface area contributed by atoms with Crippen LogP contribution in [-0.4, -0.2) is 29.8 Å². The van der Waals surface area contributed by atoms with Crippen molar-refractivity contribution in [1.29, 1.82) is 0 Å². The van der Waals surface area contributed by atoms with Gasteiger partial charge in [-0.15, -0.1) is 6.58 Å². The van der Waals surface area contributed by atoms with Crippen LogP contribution in [0.5, 0.6) is 0 Å². The summed E-state index contributed by atoms with van der Waals surface area (Å²) in [6.45, 7) is 7.75. The predicted molar refractivity (Wildman–Crippen MR) is 74.0 cm³/mol. The first kappa shape index (κ1) is 17.5. The number of unbranched alkanes of at least 4 members (excludes halogenated alkanes) is 3. The van der Waals surface area contributed by atoms with Gasteiger partial charge >= 0.3 is 12.1 Å². The van der Waals surface area contributed by atoms with Gasteiger partial charge in [-0.3, -0.25) is 0 Å². The van der Waals surface area contributed by atoms with E-state index in [-0.39, 0.29) is 12.5 Å². The Morgan fingerprint density at radius 2 is 2.00 bits per heavy atom. The standard InChI is InChI=1S/C14H25NO4/c1-4-5-6-7-8-9-12(13(16)17)15-14(18)19-10-11(2)3/h4,11-12H,1,5-10H2,2-3H3,(H,15,18)(H,16,17). The number of allylic oxidation sites excluding steroid dienone is 1. The molecule has 5 heteroatoms. The van der Waals surface area contributed by atoms with E-state index in [4.69, 9.17) is 9.84 Å². The number of carboxylic acids is 1. The van der Waals surface area contributed by atoms with Gasteiger partial charge in [0.05, 0.1) is 6.61 Å². The second-order valence-electron chi connectivity index (χ2n) is 4.95. The van der Waals surface area contributed by atoms with Gasteiger partial charge in [0.25, 0.3) is 0 Å². The monoisotopic (exact) mass is 271 g/mol. The predicted octanol–water partition coefficient (Wildman–Crippen LogP) is 2.96. The molecule has 1 unspecified atom stereocenters. The lowest BCUT2D eigenvalue weighted by atomic mass is 10.1. The molecule has 19 heavy (non-hydrogen) atoms. The Hall–Kier alpha value is -1.52. The quantitative estimate of drug-likeness (QED) is 0.473. The Kier molecular flexibility index (Phi) is 9.57. The number of nitrogens with one attached hydrogen (secondary N) is 1. The van der Waals surface area contributed by atoms with Gasteiger partial charge in [0.1, 0.15) is 6.04 Å². The smallest absolute Gasteiger partial charge is 0.407 e. The van der Waals surface area contributed by atoms with Crippen LogP contribution in [0.25, 0.3) is 0 Å². The number of hydrogen-bond donors (Lipinski definition) is 2. The van der Waals surface area contributed by atoms with Gasteiger partial charge in [-0.05, 0) is 25.2 Å². The van der Waals surface area contributed by atoms with Crippen LogP contribution in [-0.2, 0) is 9.53 Å². The van der Waals surface area contributed by atoms with Crippen molar-refractivity contribution in [2.45, 2.75) is 52.0 Å². The lowest BCUT2D eigenvalue weighted by Gasteiger charge is -2.15. The average Bonchev–Trinajstić information content (AvgIpc) is 2.34. The number of hydrogen-bond acceptors (Lipinski definition) is 3. The molecule has 0 aromatic carbocycles. The zero-order valence-corrected chi connectivity index (χ0v) is 11.9. The fourth-order valence-corrected chi connectivity index (χ4v) is 1.50. The second kappa shape index (κ2) is 10.4. The molecule has 0 aliphatic carbocycles. The van der Waals surface area contributed by atoms with Gasteiger partial charge in [0.2, 0.25) is 0 Å². The van der Waals surface area contributed by atoms with Crippen molar-refractivity contribution in [2.24, 2.45) is 5.92 Å². The summed E-state index contributed by atoms with van der Waals surface area (Å²) in [7, 11) is 0. The van der Waals surface area contributed by atoms with Crippen LogP contribution in [0.2, 0.25) is 0 Å². The fourth-order valence-electron chi connectivity index (χ4n) is 1.50. The topological polar surface area (TPSA) is 75.6 Å². The summed E-state index contributed by atoms with van der Waals surface area (Å²) in [5.74, 6) is -0.793. The van der Waals surface area contributed by atoms with Crippen LogP contribution in [0.15, 0.2) is 12.7 Å². The molecule has 0 fully saturated rings. The number of rotatable bonds is 10. The minimum Gasteiger partial charge on any atom is -0.480 e. The third-order valence-corrected chi connectivity index (χ3v) is 2.54. The van der Waals surface area contributed by atoms with Crippen molar-refractivity contribution in [3.63, 3.8) is 0 Å². The Morgan fingerprint density at radius 3 is 2.53 bits per heavy atom. The van der Waals surface area contributed by atoms with Gasteiger partial charge in [-0.1, -0.05) is 32.8 Å². The van der Waals surface area contributed by atoms with Crippen LogP contribution in [0.3, 0.4) is 0 Å². The normalized spacial score (nSPS) is 11.9. The number of carboxylic acid groups (broad SMARTS) is 1. The van der Waals surface area contributed by atoms with E-state index in [9.17, 15) is 9.59 Å². The molecule has 0 saturated carbocycles. The Labute approximate surface area is 115 Å². The summed E-state index contributed by atoms with van der Waals surface area (Å²) in [6, 6.07) is -0.872. The molecule has 0 heterocycles. The summed E-state index contributed by atoms with van der Waals surface area (Å²) < 4.78 is 4.90. The highest BCUT2D eigenvalue weighted by Crippen LogP contribution is 2.07. The molecule has 0 spiro atoms. The summed E-state index contributed by atoms with van der Waals surface area (Å²) in [5.41, 5.74) is 0. The van der Waals surface area contributed by atoms with E-state index in [1.54, 1.807) is 0 Å². The summed E-state index contributed by atoms with van der Waals surface area (Å²) in [6.07, 6.45) is 5.22. The first-order chi connectivity index (χ1) is 8.97. The fraction of sp³-hybridized carbons (Fsp3) is 0.714. The molecule has 110 valence electrons. The van der Waals surface area contributed by atoms with E-state index in [1.165, 1.54) is 0 Å². The highest BCUT2D eigenvalue weighted by molar-refractivity contribution is 5.79. The van der Waals surface area contributed by atoms with Crippen LogP contribution < -0.4 is 5.32 Å². The summed E-state index contributed by atoms with van der Waals surface area (Å²) in [4.78, 5) is 22.4. The van der Waals surface area contributed by atoms with E-state index in [0.29, 0.717) is 6.42 Å². The number of alkyl carbamates (subject to hydrolysis) is 1. The molecule has 0 aliphatic heterocycles. The van der Waals surface area contributed by atoms with Crippen molar-refractivity contribution in [3.05, 3.63) is 12.7 Å². The van der Waals surface area contributed by atoms with Gasteiger partial charge in [0.15, 0.2) is 0 Å². The number of aliphatic carboxylic acids is 1. The molecule has 0 bridgehead atoms. The lowest BCUT2D eigenvalue weighted by molar-refractivity contribution is -0.139. The maximum atomic E-state index is 11.4. The average molecular weight is 271 g/mol. The highest BCUT2D eigenvalue weighted by atomic mass is 16.5. The molecule has 0 aromatic rings. The van der Waals surface area contributed by atoms with Crippen LogP contribution >= 0.6 is 0 Å². The van der Waals surface area contributed by atoms with Crippen LogP contribution in [0.1, 0.15) is 46.0 Å². The summed E-state index contributed by atoms with van der Waals surface area (Å²) >= 11 is 0. The van der Waals surface area contributed by atoms with Crippen LogP contribution in [0, 0.1) is 5.92 Å². The van der Waals surface area contributed by atoms with Gasteiger partial charge < -0.3 is 15.2 Å².